The lowest BCUT2D eigenvalue weighted by molar-refractivity contribution is -0.130. The maximum Gasteiger partial charge on any atom is 0.224 e. The number of hydrogen-bond donors (Lipinski definition) is 3. The van der Waals surface area contributed by atoms with E-state index in [1.165, 1.54) is 0 Å². The van der Waals surface area contributed by atoms with E-state index in [0.717, 1.165) is 0 Å². The van der Waals surface area contributed by atoms with Gasteiger partial charge in [0.05, 0.1) is 12.0 Å². The molecule has 0 radical (unpaired) electrons. The van der Waals surface area contributed by atoms with Crippen molar-refractivity contribution in [2.75, 3.05) is 32.6 Å². The fraction of sp³-hybridized carbons (Fsp3) is 0.800. The average molecular weight is 264 g/mol. The number of nitrogens with zero attached hydrogens (tertiary/aromatic N) is 1. The average Bonchev–Trinajstić information content (AvgIpc) is 2.25. The first kappa shape index (κ1) is 15.8. The van der Waals surface area contributed by atoms with Crippen molar-refractivity contribution in [3.8, 4) is 0 Å². The normalized spacial score (nSPS) is 14.6. The molecule has 0 bridgehead atoms. The number of rotatable bonds is 7. The number of nitrogens with one attached hydrogen (secondary N) is 1. The monoisotopic (exact) mass is 264 g/mol. The van der Waals surface area contributed by atoms with Gasteiger partial charge in [-0.1, -0.05) is 0 Å². The second-order valence-electron chi connectivity index (χ2n) is 3.83. The molecule has 0 rings (SSSR count). The Labute approximate surface area is 108 Å². The molecule has 0 saturated heterocycles. The van der Waals surface area contributed by atoms with Gasteiger partial charge in [-0.3, -0.25) is 14.5 Å². The van der Waals surface area contributed by atoms with E-state index in [-0.39, 0.29) is 30.1 Å². The van der Waals surface area contributed by atoms with Gasteiger partial charge in [0.2, 0.25) is 5.91 Å². The van der Waals surface area contributed by atoms with Gasteiger partial charge in [-0.25, -0.2) is 0 Å². The van der Waals surface area contributed by atoms with Gasteiger partial charge in [0.15, 0.2) is 5.78 Å². The summed E-state index contributed by atoms with van der Waals surface area (Å²) in [6.07, 6.45) is 0.215. The zero-order valence-corrected chi connectivity index (χ0v) is 11.7. The summed E-state index contributed by atoms with van der Waals surface area (Å²) in [5.41, 5.74) is 0. The van der Waals surface area contributed by atoms with Gasteiger partial charge in [-0.15, -0.1) is 0 Å². The molecule has 0 aromatic carbocycles. The number of carbonyl (C=O) groups excluding carboxylic acids is 2. The van der Waals surface area contributed by atoms with E-state index in [1.807, 2.05) is 19.0 Å². The highest BCUT2D eigenvalue weighted by molar-refractivity contribution is 7.80. The molecule has 0 spiro atoms. The summed E-state index contributed by atoms with van der Waals surface area (Å²) in [5.74, 6) is 0.364. The van der Waals surface area contributed by atoms with Gasteiger partial charge in [0.1, 0.15) is 0 Å². The molecular weight excluding hydrogens is 244 g/mol. The van der Waals surface area contributed by atoms with Crippen LogP contribution < -0.4 is 5.32 Å². The molecule has 0 heterocycles. The maximum atomic E-state index is 11.9. The van der Waals surface area contributed by atoms with E-state index >= 15 is 0 Å². The lowest BCUT2D eigenvalue weighted by atomic mass is 9.99. The predicted octanol–water partition coefficient (Wildman–Crippen LogP) is 0.0976. The summed E-state index contributed by atoms with van der Waals surface area (Å²) in [4.78, 5) is 25.1. The van der Waals surface area contributed by atoms with Crippen LogP contribution >= 0.6 is 25.3 Å². The van der Waals surface area contributed by atoms with Gasteiger partial charge in [-0.05, 0) is 14.1 Å². The minimum Gasteiger partial charge on any atom is -0.359 e. The molecule has 0 aliphatic heterocycles. The van der Waals surface area contributed by atoms with E-state index in [9.17, 15) is 9.59 Å². The minimum atomic E-state index is -0.358. The largest absolute Gasteiger partial charge is 0.359 e. The Balaban J connectivity index is 4.45. The Morgan fingerprint density at radius 1 is 1.25 bits per heavy atom. The number of hydrogen-bond acceptors (Lipinski definition) is 5. The summed E-state index contributed by atoms with van der Waals surface area (Å²) in [6.45, 7) is 0. The smallest absolute Gasteiger partial charge is 0.224 e. The molecule has 16 heavy (non-hydrogen) atoms. The van der Waals surface area contributed by atoms with Crippen LogP contribution in [0.15, 0.2) is 0 Å². The second-order valence-corrected chi connectivity index (χ2v) is 4.56. The second kappa shape index (κ2) is 7.97. The Bertz CT molecular complexity index is 247. The fourth-order valence-corrected chi connectivity index (χ4v) is 2.20. The van der Waals surface area contributed by atoms with Crippen LogP contribution in [0.3, 0.4) is 0 Å². The summed E-state index contributed by atoms with van der Waals surface area (Å²) in [5, 5.41) is 2.53. The molecule has 0 aliphatic carbocycles. The van der Waals surface area contributed by atoms with Crippen molar-refractivity contribution in [3.05, 3.63) is 0 Å². The van der Waals surface area contributed by atoms with Crippen LogP contribution in [-0.4, -0.2) is 55.3 Å². The third-order valence-corrected chi connectivity index (χ3v) is 3.24. The predicted molar refractivity (Wildman–Crippen MR) is 72.4 cm³/mol. The van der Waals surface area contributed by atoms with Crippen molar-refractivity contribution in [3.63, 3.8) is 0 Å². The molecule has 0 aromatic rings. The topological polar surface area (TPSA) is 49.4 Å². The third kappa shape index (κ3) is 4.76. The zero-order valence-electron chi connectivity index (χ0n) is 9.93. The number of likely N-dealkylation sites (N-methyl/N-ethyl adjacent to an activating group) is 1. The molecule has 0 fully saturated rings. The Kier molecular flexibility index (Phi) is 7.87. The molecule has 2 atom stereocenters. The van der Waals surface area contributed by atoms with Gasteiger partial charge in [0, 0.05) is 25.0 Å². The minimum absolute atomic E-state index is 0.0302. The number of amides is 1. The van der Waals surface area contributed by atoms with E-state index < -0.39 is 0 Å². The lowest BCUT2D eigenvalue weighted by Crippen LogP contribution is -2.40. The number of ketones is 1. The Morgan fingerprint density at radius 2 is 1.81 bits per heavy atom. The van der Waals surface area contributed by atoms with Gasteiger partial charge in [-0.2, -0.15) is 25.3 Å². The summed E-state index contributed by atoms with van der Waals surface area (Å²) >= 11 is 8.23. The van der Waals surface area contributed by atoms with Gasteiger partial charge < -0.3 is 5.32 Å². The molecule has 6 heteroatoms. The van der Waals surface area contributed by atoms with Crippen molar-refractivity contribution in [1.29, 1.82) is 0 Å². The maximum absolute atomic E-state index is 11.9. The van der Waals surface area contributed by atoms with Crippen molar-refractivity contribution >= 4 is 36.9 Å². The highest BCUT2D eigenvalue weighted by atomic mass is 32.1. The third-order valence-electron chi connectivity index (χ3n) is 2.45. The molecule has 0 aromatic heterocycles. The van der Waals surface area contributed by atoms with Crippen molar-refractivity contribution in [1.82, 2.24) is 10.2 Å². The summed E-state index contributed by atoms with van der Waals surface area (Å²) in [6, 6.07) is -0.240. The number of thiol groups is 2. The quantitative estimate of drug-likeness (QED) is 0.572. The first-order chi connectivity index (χ1) is 7.47. The van der Waals surface area contributed by atoms with E-state index in [0.29, 0.717) is 11.5 Å². The van der Waals surface area contributed by atoms with Gasteiger partial charge >= 0.3 is 0 Å². The van der Waals surface area contributed by atoms with Crippen LogP contribution in [-0.2, 0) is 9.59 Å². The van der Waals surface area contributed by atoms with Crippen LogP contribution in [0.2, 0.25) is 0 Å². The molecule has 0 aliphatic rings. The molecule has 0 unspecified atom stereocenters. The number of Topliss-reactive ketones (excluding diaryl/α,β-unsaturated/α-hetero) is 1. The van der Waals surface area contributed by atoms with Crippen molar-refractivity contribution in [2.24, 2.45) is 5.92 Å². The molecule has 1 N–H and O–H groups in total. The summed E-state index contributed by atoms with van der Waals surface area (Å²) in [7, 11) is 5.22. The highest BCUT2D eigenvalue weighted by Crippen LogP contribution is 2.11. The van der Waals surface area contributed by atoms with Crippen LogP contribution in [0, 0.1) is 5.92 Å². The SMILES string of the molecule is CNC(=O)[C@H](CS)CC(=O)[C@H](CS)N(C)C. The Morgan fingerprint density at radius 3 is 2.12 bits per heavy atom. The zero-order chi connectivity index (χ0) is 12.7. The standard InChI is InChI=1S/C10H20N2O2S2/c1-11-10(14)7(5-15)4-9(13)8(6-16)12(2)3/h7-8,15-16H,4-6H2,1-3H3,(H,11,14)/t7-,8-/m0/s1. The summed E-state index contributed by atoms with van der Waals surface area (Å²) < 4.78 is 0. The van der Waals surface area contributed by atoms with Crippen LogP contribution in [0.25, 0.3) is 0 Å². The lowest BCUT2D eigenvalue weighted by Gasteiger charge is -2.22. The molecular formula is C10H20N2O2S2. The van der Waals surface area contributed by atoms with Crippen LogP contribution in [0.1, 0.15) is 6.42 Å². The van der Waals surface area contributed by atoms with Crippen LogP contribution in [0.4, 0.5) is 0 Å². The van der Waals surface area contributed by atoms with Crippen LogP contribution in [0.5, 0.6) is 0 Å². The van der Waals surface area contributed by atoms with E-state index in [4.69, 9.17) is 0 Å². The number of carbonyl (C=O) groups is 2. The molecule has 4 nitrogen and oxygen atoms in total. The van der Waals surface area contributed by atoms with Crippen molar-refractivity contribution in [2.45, 2.75) is 12.5 Å². The first-order valence-corrected chi connectivity index (χ1v) is 6.36. The molecule has 94 valence electrons. The van der Waals surface area contributed by atoms with E-state index in [2.05, 4.69) is 30.6 Å². The first-order valence-electron chi connectivity index (χ1n) is 5.10. The van der Waals surface area contributed by atoms with Crippen molar-refractivity contribution < 1.29 is 9.59 Å². The Hall–Kier alpha value is -0.200. The molecule has 1 amide bonds. The highest BCUT2D eigenvalue weighted by Gasteiger charge is 2.25. The fourth-order valence-electron chi connectivity index (χ4n) is 1.38. The van der Waals surface area contributed by atoms with Gasteiger partial charge in [0.25, 0.3) is 0 Å². The van der Waals surface area contributed by atoms with E-state index in [1.54, 1.807) is 7.05 Å². The molecule has 0 saturated carbocycles.